The summed E-state index contributed by atoms with van der Waals surface area (Å²) in [5.41, 5.74) is 3.67. The van der Waals surface area contributed by atoms with E-state index < -0.39 is 0 Å². The summed E-state index contributed by atoms with van der Waals surface area (Å²) in [6.07, 6.45) is 5.01. The molecule has 21 heavy (non-hydrogen) atoms. The number of aromatic nitrogens is 3. The van der Waals surface area contributed by atoms with Crippen LogP contribution in [-0.4, -0.2) is 32.7 Å². The second kappa shape index (κ2) is 6.42. The lowest BCUT2D eigenvalue weighted by Crippen LogP contribution is -2.31. The van der Waals surface area contributed by atoms with Gasteiger partial charge in [-0.25, -0.2) is 15.0 Å². The predicted molar refractivity (Wildman–Crippen MR) is 87.8 cm³/mol. The summed E-state index contributed by atoms with van der Waals surface area (Å²) >= 11 is 3.38. The first-order valence-electron chi connectivity index (χ1n) is 7.21. The number of hydrogen-bond acceptors (Lipinski definition) is 6. The van der Waals surface area contributed by atoms with Crippen LogP contribution in [0.2, 0.25) is 0 Å². The Bertz CT molecular complexity index is 624. The van der Waals surface area contributed by atoms with E-state index in [2.05, 4.69) is 34.1 Å². The highest BCUT2D eigenvalue weighted by molar-refractivity contribution is 7.98. The maximum absolute atomic E-state index is 4.73. The van der Waals surface area contributed by atoms with E-state index in [0.717, 1.165) is 31.2 Å². The summed E-state index contributed by atoms with van der Waals surface area (Å²) in [7, 11) is 0. The molecule has 0 unspecified atom stereocenters. The van der Waals surface area contributed by atoms with E-state index in [1.54, 1.807) is 23.1 Å². The van der Waals surface area contributed by atoms with Crippen LogP contribution < -0.4 is 0 Å². The first-order valence-corrected chi connectivity index (χ1v) is 9.31. The van der Waals surface area contributed by atoms with Gasteiger partial charge in [0.15, 0.2) is 5.16 Å². The van der Waals surface area contributed by atoms with Gasteiger partial charge < -0.3 is 0 Å². The van der Waals surface area contributed by atoms with E-state index in [-0.39, 0.29) is 0 Å². The molecule has 0 saturated heterocycles. The third kappa shape index (κ3) is 3.44. The fraction of sp³-hybridized carbons (Fsp3) is 0.533. The number of fused-ring (bicyclic) bond motifs is 1. The minimum absolute atomic E-state index is 0.518. The number of hydrogen-bond donors (Lipinski definition) is 0. The number of nitrogens with zero attached hydrogens (tertiary/aromatic N) is 4. The van der Waals surface area contributed by atoms with Gasteiger partial charge in [-0.1, -0.05) is 25.6 Å². The summed E-state index contributed by atoms with van der Waals surface area (Å²) in [5.74, 6) is 0.518. The predicted octanol–water partition coefficient (Wildman–Crippen LogP) is 3.34. The highest BCUT2D eigenvalue weighted by atomic mass is 32.2. The average Bonchev–Trinajstić information content (AvgIpc) is 2.95. The standard InChI is InChI=1S/C15H20N4S2/c1-10(2)14-17-12(9-21-14)8-19-5-4-13-11(7-19)6-16-15(18-13)20-3/h6,9-10H,4-5,7-8H2,1-3H3. The lowest BCUT2D eigenvalue weighted by molar-refractivity contribution is 0.239. The van der Waals surface area contributed by atoms with Crippen LogP contribution >= 0.6 is 23.1 Å². The average molecular weight is 320 g/mol. The van der Waals surface area contributed by atoms with Crippen molar-refractivity contribution in [3.63, 3.8) is 0 Å². The summed E-state index contributed by atoms with van der Waals surface area (Å²) in [6, 6.07) is 0. The molecule has 3 heterocycles. The Hall–Kier alpha value is -0.980. The molecule has 0 fully saturated rings. The molecule has 0 aliphatic carbocycles. The quantitative estimate of drug-likeness (QED) is 0.638. The molecule has 2 aromatic rings. The van der Waals surface area contributed by atoms with Crippen molar-refractivity contribution in [1.29, 1.82) is 0 Å². The van der Waals surface area contributed by atoms with Crippen LogP contribution in [0, 0.1) is 0 Å². The lowest BCUT2D eigenvalue weighted by Gasteiger charge is -2.27. The van der Waals surface area contributed by atoms with Crippen LogP contribution in [0.5, 0.6) is 0 Å². The summed E-state index contributed by atoms with van der Waals surface area (Å²) in [6.45, 7) is 7.29. The molecule has 0 spiro atoms. The van der Waals surface area contributed by atoms with Crippen molar-refractivity contribution < 1.29 is 0 Å². The second-order valence-electron chi connectivity index (χ2n) is 5.62. The zero-order chi connectivity index (χ0) is 14.8. The van der Waals surface area contributed by atoms with Gasteiger partial charge in [-0.05, 0) is 6.26 Å². The Morgan fingerprint density at radius 1 is 1.38 bits per heavy atom. The first-order chi connectivity index (χ1) is 10.2. The van der Waals surface area contributed by atoms with Crippen LogP contribution in [0.3, 0.4) is 0 Å². The lowest BCUT2D eigenvalue weighted by atomic mass is 10.1. The molecule has 0 radical (unpaired) electrons. The molecule has 112 valence electrons. The molecule has 2 aromatic heterocycles. The van der Waals surface area contributed by atoms with E-state index in [9.17, 15) is 0 Å². The smallest absolute Gasteiger partial charge is 0.187 e. The van der Waals surface area contributed by atoms with Crippen molar-refractivity contribution in [2.45, 2.75) is 44.4 Å². The molecule has 0 bridgehead atoms. The normalized spacial score (nSPS) is 15.4. The van der Waals surface area contributed by atoms with Gasteiger partial charge in [-0.2, -0.15) is 0 Å². The van der Waals surface area contributed by atoms with E-state index in [1.165, 1.54) is 22.0 Å². The zero-order valence-corrected chi connectivity index (χ0v) is 14.3. The van der Waals surface area contributed by atoms with Crippen LogP contribution in [0.15, 0.2) is 16.7 Å². The maximum Gasteiger partial charge on any atom is 0.187 e. The van der Waals surface area contributed by atoms with Crippen LogP contribution in [-0.2, 0) is 19.5 Å². The molecule has 0 N–H and O–H groups in total. The Balaban J connectivity index is 1.68. The number of rotatable bonds is 4. The minimum atomic E-state index is 0.518. The molecule has 3 rings (SSSR count). The van der Waals surface area contributed by atoms with Gasteiger partial charge in [0, 0.05) is 49.1 Å². The van der Waals surface area contributed by atoms with Crippen LogP contribution in [0.4, 0.5) is 0 Å². The van der Waals surface area contributed by atoms with Gasteiger partial charge in [0.1, 0.15) is 0 Å². The zero-order valence-electron chi connectivity index (χ0n) is 12.7. The SMILES string of the molecule is CSc1ncc2c(n1)CCN(Cc1csc(C(C)C)n1)C2. The Morgan fingerprint density at radius 3 is 2.95 bits per heavy atom. The Kier molecular flexibility index (Phi) is 4.57. The van der Waals surface area contributed by atoms with Crippen molar-refractivity contribution in [3.8, 4) is 0 Å². The molecule has 1 aliphatic heterocycles. The molecular weight excluding hydrogens is 300 g/mol. The third-order valence-electron chi connectivity index (χ3n) is 3.62. The van der Waals surface area contributed by atoms with E-state index in [4.69, 9.17) is 4.98 Å². The van der Waals surface area contributed by atoms with E-state index >= 15 is 0 Å². The molecule has 1 aliphatic rings. The highest BCUT2D eigenvalue weighted by Crippen LogP contribution is 2.23. The van der Waals surface area contributed by atoms with Crippen molar-refractivity contribution in [1.82, 2.24) is 19.9 Å². The number of thiazole rings is 1. The summed E-state index contributed by atoms with van der Waals surface area (Å²) in [5, 5.41) is 4.30. The first kappa shape index (κ1) is 14.9. The van der Waals surface area contributed by atoms with Gasteiger partial charge in [0.05, 0.1) is 16.4 Å². The largest absolute Gasteiger partial charge is 0.293 e. The highest BCUT2D eigenvalue weighted by Gasteiger charge is 2.19. The van der Waals surface area contributed by atoms with Crippen molar-refractivity contribution in [2.75, 3.05) is 12.8 Å². The van der Waals surface area contributed by atoms with Crippen molar-refractivity contribution in [3.05, 3.63) is 33.5 Å². The fourth-order valence-electron chi connectivity index (χ4n) is 2.48. The summed E-state index contributed by atoms with van der Waals surface area (Å²) in [4.78, 5) is 16.2. The molecule has 0 atom stereocenters. The Morgan fingerprint density at radius 2 is 2.24 bits per heavy atom. The van der Waals surface area contributed by atoms with Gasteiger partial charge in [-0.3, -0.25) is 4.90 Å². The van der Waals surface area contributed by atoms with Crippen molar-refractivity contribution >= 4 is 23.1 Å². The molecule has 0 saturated carbocycles. The Labute approximate surface area is 134 Å². The molecule has 0 aromatic carbocycles. The molecule has 4 nitrogen and oxygen atoms in total. The topological polar surface area (TPSA) is 41.9 Å². The van der Waals surface area contributed by atoms with Gasteiger partial charge >= 0.3 is 0 Å². The van der Waals surface area contributed by atoms with Gasteiger partial charge in [0.2, 0.25) is 0 Å². The molecule has 0 amide bonds. The molecule has 6 heteroatoms. The van der Waals surface area contributed by atoms with Gasteiger partial charge in [0.25, 0.3) is 0 Å². The van der Waals surface area contributed by atoms with E-state index in [0.29, 0.717) is 5.92 Å². The molecular formula is C15H20N4S2. The van der Waals surface area contributed by atoms with Crippen LogP contribution in [0.25, 0.3) is 0 Å². The monoisotopic (exact) mass is 320 g/mol. The fourth-order valence-corrected chi connectivity index (χ4v) is 3.66. The summed E-state index contributed by atoms with van der Waals surface area (Å²) < 4.78 is 0. The number of thioether (sulfide) groups is 1. The van der Waals surface area contributed by atoms with Gasteiger partial charge in [-0.15, -0.1) is 11.3 Å². The minimum Gasteiger partial charge on any atom is -0.293 e. The van der Waals surface area contributed by atoms with Crippen LogP contribution in [0.1, 0.15) is 41.7 Å². The van der Waals surface area contributed by atoms with Crippen molar-refractivity contribution in [2.24, 2.45) is 0 Å². The second-order valence-corrected chi connectivity index (χ2v) is 7.28. The third-order valence-corrected chi connectivity index (χ3v) is 5.38. The van der Waals surface area contributed by atoms with E-state index in [1.807, 2.05) is 12.5 Å². The maximum atomic E-state index is 4.73.